The maximum absolute atomic E-state index is 12.8. The van der Waals surface area contributed by atoms with E-state index in [0.29, 0.717) is 31.6 Å². The second-order valence-electron chi connectivity index (χ2n) is 8.28. The zero-order valence-electron chi connectivity index (χ0n) is 18.0. The van der Waals surface area contributed by atoms with Crippen LogP contribution in [0.3, 0.4) is 0 Å². The van der Waals surface area contributed by atoms with E-state index in [1.165, 1.54) is 0 Å². The van der Waals surface area contributed by atoms with Crippen molar-refractivity contribution in [3.63, 3.8) is 0 Å². The molecule has 164 valence electrons. The van der Waals surface area contributed by atoms with Crippen LogP contribution < -0.4 is 4.74 Å². The van der Waals surface area contributed by atoms with Gasteiger partial charge in [0.2, 0.25) is 5.91 Å². The molecule has 3 heterocycles. The van der Waals surface area contributed by atoms with Gasteiger partial charge >= 0.3 is 0 Å². The van der Waals surface area contributed by atoms with Gasteiger partial charge in [-0.15, -0.1) is 5.10 Å². The molecule has 0 radical (unpaired) electrons. The number of ether oxygens (including phenoxy) is 1. The minimum absolute atomic E-state index is 0.0152. The first-order valence-electron chi connectivity index (χ1n) is 10.8. The fourth-order valence-electron chi connectivity index (χ4n) is 4.21. The number of nitrogens with zero attached hydrogens (tertiary/aromatic N) is 5. The highest BCUT2D eigenvalue weighted by Crippen LogP contribution is 2.26. The monoisotopic (exact) mass is 431 g/mol. The van der Waals surface area contributed by atoms with Gasteiger partial charge in [-0.3, -0.25) is 9.59 Å². The second-order valence-corrected chi connectivity index (χ2v) is 8.28. The summed E-state index contributed by atoms with van der Waals surface area (Å²) in [5, 5.41) is 8.41. The molecule has 0 bridgehead atoms. The highest BCUT2D eigenvalue weighted by Gasteiger charge is 2.33. The molecule has 0 N–H and O–H groups in total. The van der Waals surface area contributed by atoms with Gasteiger partial charge in [0.05, 0.1) is 25.9 Å². The first-order chi connectivity index (χ1) is 15.6. The smallest absolute Gasteiger partial charge is 0.253 e. The average molecular weight is 431 g/mol. The molecule has 8 nitrogen and oxygen atoms in total. The van der Waals surface area contributed by atoms with Gasteiger partial charge in [0.15, 0.2) is 0 Å². The van der Waals surface area contributed by atoms with Crippen LogP contribution in [0.15, 0.2) is 54.7 Å². The van der Waals surface area contributed by atoms with E-state index in [-0.39, 0.29) is 17.9 Å². The van der Waals surface area contributed by atoms with Crippen molar-refractivity contribution in [1.82, 2.24) is 24.8 Å². The number of rotatable bonds is 6. The van der Waals surface area contributed by atoms with Crippen molar-refractivity contribution in [3.05, 3.63) is 66.0 Å². The molecule has 2 amide bonds. The summed E-state index contributed by atoms with van der Waals surface area (Å²) in [4.78, 5) is 28.3. The number of hydrogen-bond acceptors (Lipinski definition) is 5. The number of carbonyl (C=O) groups excluding carboxylic acids is 2. The Morgan fingerprint density at radius 2 is 1.94 bits per heavy atom. The molecule has 2 aliphatic heterocycles. The van der Waals surface area contributed by atoms with E-state index >= 15 is 0 Å². The lowest BCUT2D eigenvalue weighted by atomic mass is 10.0. The summed E-state index contributed by atoms with van der Waals surface area (Å²) in [5.74, 6) is 0.997. The number of aromatic nitrogens is 3. The highest BCUT2D eigenvalue weighted by molar-refractivity contribution is 5.95. The first-order valence-corrected chi connectivity index (χ1v) is 10.8. The SMILES string of the molecule is COc1cccc(-c2ccc(C(=O)N3CC(n4cc(CN5CCCC5=O)nn4)C3)cc2)c1. The van der Waals surface area contributed by atoms with Crippen LogP contribution in [-0.4, -0.2) is 63.4 Å². The topological polar surface area (TPSA) is 80.6 Å². The predicted octanol–water partition coefficient (Wildman–Crippen LogP) is 2.77. The van der Waals surface area contributed by atoms with Crippen molar-refractivity contribution < 1.29 is 14.3 Å². The number of benzene rings is 2. The van der Waals surface area contributed by atoms with Crippen molar-refractivity contribution in [3.8, 4) is 16.9 Å². The molecule has 0 saturated carbocycles. The summed E-state index contributed by atoms with van der Waals surface area (Å²) in [7, 11) is 1.65. The quantitative estimate of drug-likeness (QED) is 0.600. The number of carbonyl (C=O) groups is 2. The van der Waals surface area contributed by atoms with E-state index in [1.54, 1.807) is 7.11 Å². The molecule has 32 heavy (non-hydrogen) atoms. The molecule has 2 saturated heterocycles. The van der Waals surface area contributed by atoms with E-state index in [0.717, 1.165) is 35.5 Å². The van der Waals surface area contributed by atoms with Crippen LogP contribution in [0.2, 0.25) is 0 Å². The summed E-state index contributed by atoms with van der Waals surface area (Å²) < 4.78 is 7.10. The molecule has 1 aromatic heterocycles. The molecule has 2 aromatic carbocycles. The molecule has 0 atom stereocenters. The third-order valence-electron chi connectivity index (χ3n) is 6.14. The predicted molar refractivity (Wildman–Crippen MR) is 118 cm³/mol. The van der Waals surface area contributed by atoms with Crippen LogP contribution in [0.5, 0.6) is 5.75 Å². The summed E-state index contributed by atoms with van der Waals surface area (Å²) in [6.07, 6.45) is 3.42. The average Bonchev–Trinajstić information content (AvgIpc) is 3.42. The molecule has 3 aromatic rings. The maximum atomic E-state index is 12.8. The number of likely N-dealkylation sites (tertiary alicyclic amines) is 2. The van der Waals surface area contributed by atoms with Crippen molar-refractivity contribution >= 4 is 11.8 Å². The minimum atomic E-state index is 0.0152. The second kappa shape index (κ2) is 8.45. The number of hydrogen-bond donors (Lipinski definition) is 0. The van der Waals surface area contributed by atoms with Crippen molar-refractivity contribution in [2.24, 2.45) is 0 Å². The zero-order valence-corrected chi connectivity index (χ0v) is 18.0. The lowest BCUT2D eigenvalue weighted by Gasteiger charge is -2.38. The summed E-state index contributed by atoms with van der Waals surface area (Å²) in [6.45, 7) is 2.49. The summed E-state index contributed by atoms with van der Waals surface area (Å²) in [6, 6.07) is 15.6. The van der Waals surface area contributed by atoms with E-state index in [1.807, 2.05) is 69.2 Å². The normalized spacial score (nSPS) is 16.3. The van der Waals surface area contributed by atoms with E-state index in [4.69, 9.17) is 4.74 Å². The molecule has 5 rings (SSSR count). The van der Waals surface area contributed by atoms with Crippen LogP contribution in [-0.2, 0) is 11.3 Å². The van der Waals surface area contributed by atoms with Crippen molar-refractivity contribution in [2.45, 2.75) is 25.4 Å². The van der Waals surface area contributed by atoms with Gasteiger partial charge in [0, 0.05) is 31.6 Å². The van der Waals surface area contributed by atoms with Crippen LogP contribution >= 0.6 is 0 Å². The first kappa shape index (κ1) is 20.2. The number of amides is 2. The Bertz CT molecular complexity index is 1130. The van der Waals surface area contributed by atoms with Crippen LogP contribution in [0.1, 0.15) is 34.9 Å². The summed E-state index contributed by atoms with van der Waals surface area (Å²) in [5.41, 5.74) is 3.54. The molecule has 8 heteroatoms. The Hall–Kier alpha value is -3.68. The fourth-order valence-corrected chi connectivity index (χ4v) is 4.21. The molecule has 0 aliphatic carbocycles. The Balaban J connectivity index is 1.18. The highest BCUT2D eigenvalue weighted by atomic mass is 16.5. The zero-order chi connectivity index (χ0) is 22.1. The lowest BCUT2D eigenvalue weighted by Crippen LogP contribution is -2.50. The molecular formula is C24H25N5O3. The van der Waals surface area contributed by atoms with Gasteiger partial charge in [-0.25, -0.2) is 4.68 Å². The number of methoxy groups -OCH3 is 1. The minimum Gasteiger partial charge on any atom is -0.497 e. The van der Waals surface area contributed by atoms with Gasteiger partial charge < -0.3 is 14.5 Å². The van der Waals surface area contributed by atoms with Gasteiger partial charge in [0.1, 0.15) is 11.4 Å². The van der Waals surface area contributed by atoms with E-state index in [9.17, 15) is 9.59 Å². The van der Waals surface area contributed by atoms with Gasteiger partial charge in [-0.1, -0.05) is 29.5 Å². The van der Waals surface area contributed by atoms with Crippen molar-refractivity contribution in [2.75, 3.05) is 26.7 Å². The molecule has 2 aliphatic rings. The van der Waals surface area contributed by atoms with Crippen LogP contribution in [0.4, 0.5) is 0 Å². The van der Waals surface area contributed by atoms with Gasteiger partial charge in [0.25, 0.3) is 5.91 Å². The van der Waals surface area contributed by atoms with Gasteiger partial charge in [-0.05, 0) is 41.8 Å². The van der Waals surface area contributed by atoms with E-state index in [2.05, 4.69) is 10.3 Å². The Labute approximate surface area is 186 Å². The Kier molecular flexibility index (Phi) is 5.34. The largest absolute Gasteiger partial charge is 0.497 e. The molecule has 0 unspecified atom stereocenters. The van der Waals surface area contributed by atoms with Gasteiger partial charge in [-0.2, -0.15) is 0 Å². The third-order valence-corrected chi connectivity index (χ3v) is 6.14. The fraction of sp³-hybridized carbons (Fsp3) is 0.333. The third kappa shape index (κ3) is 3.95. The Morgan fingerprint density at radius 1 is 1.12 bits per heavy atom. The molecule has 0 spiro atoms. The lowest BCUT2D eigenvalue weighted by molar-refractivity contribution is -0.128. The van der Waals surface area contributed by atoms with Crippen LogP contribution in [0, 0.1) is 0 Å². The van der Waals surface area contributed by atoms with Crippen molar-refractivity contribution in [1.29, 1.82) is 0 Å². The molecule has 2 fully saturated rings. The molecular weight excluding hydrogens is 406 g/mol. The Morgan fingerprint density at radius 3 is 2.66 bits per heavy atom. The van der Waals surface area contributed by atoms with Crippen LogP contribution in [0.25, 0.3) is 11.1 Å². The maximum Gasteiger partial charge on any atom is 0.253 e. The standard InChI is InChI=1S/C24H25N5O3/c1-32-22-5-2-4-19(12-22)17-7-9-18(10-8-17)24(31)28-15-21(16-28)29-14-20(25-26-29)13-27-11-3-6-23(27)30/h2,4-5,7-10,12,14,21H,3,6,11,13,15-16H2,1H3. The summed E-state index contributed by atoms with van der Waals surface area (Å²) >= 11 is 0. The van der Waals surface area contributed by atoms with E-state index < -0.39 is 0 Å².